The summed E-state index contributed by atoms with van der Waals surface area (Å²) in [7, 11) is 0. The fourth-order valence-corrected chi connectivity index (χ4v) is 2.43. The van der Waals surface area contributed by atoms with Crippen LogP contribution < -0.4 is 5.73 Å². The second-order valence-electron chi connectivity index (χ2n) is 4.09. The van der Waals surface area contributed by atoms with Gasteiger partial charge in [-0.15, -0.1) is 0 Å². The highest BCUT2D eigenvalue weighted by Gasteiger charge is 2.48. The molecule has 2 heteroatoms. The molecule has 1 aliphatic carbocycles. The van der Waals surface area contributed by atoms with Crippen molar-refractivity contribution in [3.8, 4) is 0 Å². The van der Waals surface area contributed by atoms with Crippen molar-refractivity contribution in [2.75, 3.05) is 19.6 Å². The van der Waals surface area contributed by atoms with Crippen LogP contribution >= 0.6 is 0 Å². The Morgan fingerprint density at radius 2 is 2.27 bits per heavy atom. The maximum absolute atomic E-state index is 5.83. The zero-order valence-corrected chi connectivity index (χ0v) is 7.34. The summed E-state index contributed by atoms with van der Waals surface area (Å²) in [6.45, 7) is 5.80. The number of hydrogen-bond acceptors (Lipinski definition) is 2. The average molecular weight is 154 g/mol. The minimum atomic E-state index is 0.429. The molecule has 2 aliphatic rings. The Morgan fingerprint density at radius 3 is 2.36 bits per heavy atom. The van der Waals surface area contributed by atoms with E-state index in [9.17, 15) is 0 Å². The molecule has 11 heavy (non-hydrogen) atoms. The van der Waals surface area contributed by atoms with Gasteiger partial charge in [0.15, 0.2) is 0 Å². The number of rotatable bonds is 2. The van der Waals surface area contributed by atoms with Gasteiger partial charge in [0.1, 0.15) is 0 Å². The Balaban J connectivity index is 2.03. The Labute approximate surface area is 68.7 Å². The summed E-state index contributed by atoms with van der Waals surface area (Å²) in [6, 6.07) is 0. The van der Waals surface area contributed by atoms with E-state index in [-0.39, 0.29) is 0 Å². The SMILES string of the molecule is CC1CCC1(CN)N1CCC1. The van der Waals surface area contributed by atoms with Crippen molar-refractivity contribution in [3.63, 3.8) is 0 Å². The highest BCUT2D eigenvalue weighted by molar-refractivity contribution is 5.05. The summed E-state index contributed by atoms with van der Waals surface area (Å²) in [4.78, 5) is 2.58. The maximum Gasteiger partial charge on any atom is 0.0357 e. The lowest BCUT2D eigenvalue weighted by molar-refractivity contribution is -0.0652. The molecule has 2 nitrogen and oxygen atoms in total. The summed E-state index contributed by atoms with van der Waals surface area (Å²) in [5.74, 6) is 0.841. The van der Waals surface area contributed by atoms with Gasteiger partial charge >= 0.3 is 0 Å². The van der Waals surface area contributed by atoms with Crippen LogP contribution in [0.5, 0.6) is 0 Å². The van der Waals surface area contributed by atoms with E-state index in [0.717, 1.165) is 12.5 Å². The van der Waals surface area contributed by atoms with Gasteiger partial charge in [0.2, 0.25) is 0 Å². The minimum absolute atomic E-state index is 0.429. The molecule has 2 rings (SSSR count). The van der Waals surface area contributed by atoms with Gasteiger partial charge < -0.3 is 5.73 Å². The third-order valence-corrected chi connectivity index (χ3v) is 3.77. The molecule has 64 valence electrons. The zero-order chi connectivity index (χ0) is 7.90. The first kappa shape index (κ1) is 7.56. The van der Waals surface area contributed by atoms with Gasteiger partial charge in [-0.2, -0.15) is 0 Å². The van der Waals surface area contributed by atoms with Gasteiger partial charge in [0.05, 0.1) is 0 Å². The van der Waals surface area contributed by atoms with Crippen molar-refractivity contribution < 1.29 is 0 Å². The number of nitrogens with two attached hydrogens (primary N) is 1. The molecule has 0 radical (unpaired) electrons. The molecule has 2 unspecified atom stereocenters. The van der Waals surface area contributed by atoms with Gasteiger partial charge in [-0.1, -0.05) is 6.92 Å². The van der Waals surface area contributed by atoms with Crippen molar-refractivity contribution in [1.29, 1.82) is 0 Å². The summed E-state index contributed by atoms with van der Waals surface area (Å²) in [6.07, 6.45) is 4.10. The number of likely N-dealkylation sites (tertiary alicyclic amines) is 1. The van der Waals surface area contributed by atoms with E-state index >= 15 is 0 Å². The van der Waals surface area contributed by atoms with E-state index in [1.54, 1.807) is 0 Å². The lowest BCUT2D eigenvalue weighted by atomic mass is 9.65. The molecule has 1 saturated heterocycles. The van der Waals surface area contributed by atoms with Crippen LogP contribution in [0.2, 0.25) is 0 Å². The molecule has 0 spiro atoms. The fraction of sp³-hybridized carbons (Fsp3) is 1.00. The lowest BCUT2D eigenvalue weighted by Gasteiger charge is -2.58. The van der Waals surface area contributed by atoms with Gasteiger partial charge in [0, 0.05) is 12.1 Å². The van der Waals surface area contributed by atoms with Crippen LogP contribution in [-0.4, -0.2) is 30.1 Å². The quantitative estimate of drug-likeness (QED) is 0.638. The third kappa shape index (κ3) is 0.859. The standard InChI is InChI=1S/C9H18N2/c1-8-3-4-9(8,7-10)11-5-2-6-11/h8H,2-7,10H2,1H3. The molecule has 2 atom stereocenters. The molecule has 2 fully saturated rings. The van der Waals surface area contributed by atoms with E-state index in [0.29, 0.717) is 5.54 Å². The van der Waals surface area contributed by atoms with Gasteiger partial charge in [-0.3, -0.25) is 4.90 Å². The zero-order valence-electron chi connectivity index (χ0n) is 7.34. The monoisotopic (exact) mass is 154 g/mol. The Morgan fingerprint density at radius 1 is 1.55 bits per heavy atom. The first-order valence-corrected chi connectivity index (χ1v) is 4.75. The molecule has 2 N–H and O–H groups in total. The molecule has 0 bridgehead atoms. The van der Waals surface area contributed by atoms with Crippen molar-refractivity contribution in [1.82, 2.24) is 4.90 Å². The fourth-order valence-electron chi connectivity index (χ4n) is 2.43. The molecular formula is C9H18N2. The topological polar surface area (TPSA) is 29.3 Å². The van der Waals surface area contributed by atoms with E-state index in [1.165, 1.54) is 32.4 Å². The lowest BCUT2D eigenvalue weighted by Crippen LogP contribution is -2.67. The Bertz CT molecular complexity index is 150. The van der Waals surface area contributed by atoms with E-state index < -0.39 is 0 Å². The van der Waals surface area contributed by atoms with Crippen molar-refractivity contribution >= 4 is 0 Å². The summed E-state index contributed by atoms with van der Waals surface area (Å²) in [5, 5.41) is 0. The van der Waals surface area contributed by atoms with Gasteiger partial charge in [-0.25, -0.2) is 0 Å². The maximum atomic E-state index is 5.83. The highest BCUT2D eigenvalue weighted by Crippen LogP contribution is 2.44. The largest absolute Gasteiger partial charge is 0.329 e. The van der Waals surface area contributed by atoms with Gasteiger partial charge in [-0.05, 0) is 38.3 Å². The molecule has 1 saturated carbocycles. The van der Waals surface area contributed by atoms with Gasteiger partial charge in [0.25, 0.3) is 0 Å². The number of hydrogen-bond donors (Lipinski definition) is 1. The normalized spacial score (nSPS) is 44.7. The van der Waals surface area contributed by atoms with Crippen LogP contribution in [0, 0.1) is 5.92 Å². The molecule has 0 aromatic rings. The molecule has 1 heterocycles. The average Bonchev–Trinajstić information content (AvgIpc) is 1.93. The van der Waals surface area contributed by atoms with E-state index in [1.807, 2.05) is 0 Å². The summed E-state index contributed by atoms with van der Waals surface area (Å²) in [5.41, 5.74) is 6.26. The first-order chi connectivity index (χ1) is 5.29. The van der Waals surface area contributed by atoms with Crippen LogP contribution in [0.25, 0.3) is 0 Å². The first-order valence-electron chi connectivity index (χ1n) is 4.75. The van der Waals surface area contributed by atoms with Crippen LogP contribution in [-0.2, 0) is 0 Å². The van der Waals surface area contributed by atoms with Crippen molar-refractivity contribution in [2.45, 2.75) is 31.7 Å². The highest BCUT2D eigenvalue weighted by atomic mass is 15.3. The Kier molecular flexibility index (Phi) is 1.69. The van der Waals surface area contributed by atoms with Crippen LogP contribution in [0.4, 0.5) is 0 Å². The van der Waals surface area contributed by atoms with Crippen LogP contribution in [0.1, 0.15) is 26.2 Å². The smallest absolute Gasteiger partial charge is 0.0357 e. The van der Waals surface area contributed by atoms with Crippen LogP contribution in [0.3, 0.4) is 0 Å². The van der Waals surface area contributed by atoms with Crippen LogP contribution in [0.15, 0.2) is 0 Å². The molecule has 1 aliphatic heterocycles. The Hall–Kier alpha value is -0.0800. The summed E-state index contributed by atoms with van der Waals surface area (Å²) >= 11 is 0. The van der Waals surface area contributed by atoms with Crippen molar-refractivity contribution in [2.24, 2.45) is 11.7 Å². The molecule has 0 aromatic heterocycles. The third-order valence-electron chi connectivity index (χ3n) is 3.77. The molecular weight excluding hydrogens is 136 g/mol. The second-order valence-corrected chi connectivity index (χ2v) is 4.09. The second kappa shape index (κ2) is 2.46. The number of nitrogens with zero attached hydrogens (tertiary/aromatic N) is 1. The van der Waals surface area contributed by atoms with Crippen molar-refractivity contribution in [3.05, 3.63) is 0 Å². The molecule has 0 aromatic carbocycles. The summed E-state index contributed by atoms with van der Waals surface area (Å²) < 4.78 is 0. The predicted octanol–water partition coefficient (Wildman–Crippen LogP) is 0.820. The van der Waals surface area contributed by atoms with E-state index in [2.05, 4.69) is 11.8 Å². The predicted molar refractivity (Wildman–Crippen MR) is 46.4 cm³/mol. The minimum Gasteiger partial charge on any atom is -0.329 e. The molecule has 0 amide bonds. The van der Waals surface area contributed by atoms with E-state index in [4.69, 9.17) is 5.73 Å².